The largest absolute Gasteiger partial charge is 0.350 e. The molecule has 0 spiro atoms. The predicted molar refractivity (Wildman–Crippen MR) is 78.2 cm³/mol. The first-order valence-corrected chi connectivity index (χ1v) is 8.04. The van der Waals surface area contributed by atoms with E-state index in [-0.39, 0.29) is 23.8 Å². The molecule has 0 bridgehead atoms. The summed E-state index contributed by atoms with van der Waals surface area (Å²) in [6, 6.07) is 0.263. The number of aromatic nitrogens is 1. The Morgan fingerprint density at radius 3 is 2.90 bits per heavy atom. The van der Waals surface area contributed by atoms with Gasteiger partial charge >= 0.3 is 0 Å². The van der Waals surface area contributed by atoms with Crippen molar-refractivity contribution in [3.05, 3.63) is 16.6 Å². The highest BCUT2D eigenvalue weighted by Crippen LogP contribution is 2.23. The molecule has 2 heterocycles. The van der Waals surface area contributed by atoms with Crippen molar-refractivity contribution in [1.82, 2.24) is 15.2 Å². The molecule has 1 fully saturated rings. The van der Waals surface area contributed by atoms with E-state index >= 15 is 0 Å². The van der Waals surface area contributed by atoms with Crippen LogP contribution in [-0.4, -0.2) is 34.3 Å². The molecule has 0 saturated carbocycles. The lowest BCUT2D eigenvalue weighted by atomic mass is 10.1. The Hall–Kier alpha value is -1.43. The predicted octanol–water partition coefficient (Wildman–Crippen LogP) is 1.80. The minimum Gasteiger partial charge on any atom is -0.350 e. The first-order chi connectivity index (χ1) is 9.65. The Balaban J connectivity index is 1.87. The molecule has 1 aliphatic heterocycles. The van der Waals surface area contributed by atoms with Gasteiger partial charge in [0.1, 0.15) is 0 Å². The number of hydrogen-bond donors (Lipinski definition) is 1. The van der Waals surface area contributed by atoms with Crippen molar-refractivity contribution in [3.8, 4) is 0 Å². The van der Waals surface area contributed by atoms with Crippen molar-refractivity contribution in [2.45, 2.75) is 45.7 Å². The Labute approximate surface area is 123 Å². The van der Waals surface area contributed by atoms with Gasteiger partial charge in [-0.1, -0.05) is 13.8 Å². The third-order valence-corrected chi connectivity index (χ3v) is 4.47. The van der Waals surface area contributed by atoms with Gasteiger partial charge in [-0.2, -0.15) is 0 Å². The number of nitrogens with zero attached hydrogens (tertiary/aromatic N) is 2. The molecule has 2 rings (SSSR count). The number of hydrogen-bond acceptors (Lipinski definition) is 4. The summed E-state index contributed by atoms with van der Waals surface area (Å²) in [7, 11) is 0. The van der Waals surface area contributed by atoms with Gasteiger partial charge in [-0.3, -0.25) is 9.59 Å². The highest BCUT2D eigenvalue weighted by molar-refractivity contribution is 7.07. The van der Waals surface area contributed by atoms with Gasteiger partial charge in [-0.05, 0) is 12.8 Å². The van der Waals surface area contributed by atoms with Crippen LogP contribution in [0.2, 0.25) is 0 Å². The van der Waals surface area contributed by atoms with Crippen LogP contribution < -0.4 is 5.32 Å². The minimum absolute atomic E-state index is 0.0418. The Kier molecular flexibility index (Phi) is 5.11. The van der Waals surface area contributed by atoms with E-state index in [1.54, 1.807) is 5.51 Å². The van der Waals surface area contributed by atoms with Crippen LogP contribution >= 0.6 is 11.3 Å². The molecule has 1 unspecified atom stereocenters. The van der Waals surface area contributed by atoms with E-state index in [2.05, 4.69) is 24.1 Å². The monoisotopic (exact) mass is 295 g/mol. The Bertz CT molecular complexity index is 457. The number of carbonyl (C=O) groups excluding carboxylic acids is 2. The van der Waals surface area contributed by atoms with E-state index in [1.807, 2.05) is 10.3 Å². The molecule has 1 N–H and O–H groups in total. The van der Waals surface area contributed by atoms with Crippen LogP contribution in [-0.2, 0) is 16.1 Å². The molecule has 0 radical (unpaired) electrons. The van der Waals surface area contributed by atoms with Crippen LogP contribution in [0.15, 0.2) is 10.9 Å². The molecule has 1 atom stereocenters. The smallest absolute Gasteiger partial charge is 0.225 e. The van der Waals surface area contributed by atoms with E-state index in [0.29, 0.717) is 19.5 Å². The van der Waals surface area contributed by atoms with E-state index < -0.39 is 0 Å². The maximum Gasteiger partial charge on any atom is 0.225 e. The highest BCUT2D eigenvalue weighted by atomic mass is 32.1. The molecule has 2 amide bonds. The fourth-order valence-electron chi connectivity index (χ4n) is 2.64. The van der Waals surface area contributed by atoms with Crippen LogP contribution in [0, 0.1) is 5.92 Å². The van der Waals surface area contributed by atoms with E-state index in [9.17, 15) is 9.59 Å². The van der Waals surface area contributed by atoms with Gasteiger partial charge in [0.25, 0.3) is 0 Å². The third kappa shape index (κ3) is 3.36. The highest BCUT2D eigenvalue weighted by Gasteiger charge is 2.36. The van der Waals surface area contributed by atoms with Crippen LogP contribution in [0.3, 0.4) is 0 Å². The zero-order chi connectivity index (χ0) is 14.5. The maximum atomic E-state index is 12.1. The molecular weight excluding hydrogens is 274 g/mol. The molecule has 5 nitrogen and oxygen atoms in total. The summed E-state index contributed by atoms with van der Waals surface area (Å²) in [5.74, 6) is -0.158. The summed E-state index contributed by atoms with van der Waals surface area (Å²) < 4.78 is 0. The summed E-state index contributed by atoms with van der Waals surface area (Å²) in [6.45, 7) is 5.15. The van der Waals surface area contributed by atoms with Crippen molar-refractivity contribution in [3.63, 3.8) is 0 Å². The molecular formula is C14H21N3O2S. The van der Waals surface area contributed by atoms with Gasteiger partial charge in [-0.25, -0.2) is 4.98 Å². The molecule has 20 heavy (non-hydrogen) atoms. The molecule has 110 valence electrons. The van der Waals surface area contributed by atoms with Crippen molar-refractivity contribution in [2.75, 3.05) is 6.54 Å². The summed E-state index contributed by atoms with van der Waals surface area (Å²) in [6.07, 6.45) is 2.21. The van der Waals surface area contributed by atoms with Crippen LogP contribution in [0.25, 0.3) is 0 Å². The number of rotatable bonds is 6. The molecule has 1 aromatic heterocycles. The number of thiazole rings is 1. The Morgan fingerprint density at radius 2 is 2.30 bits per heavy atom. The fourth-order valence-corrected chi connectivity index (χ4v) is 3.19. The first-order valence-electron chi connectivity index (χ1n) is 7.09. The van der Waals surface area contributed by atoms with E-state index in [0.717, 1.165) is 18.5 Å². The summed E-state index contributed by atoms with van der Waals surface area (Å²) in [5, 5.41) is 4.78. The van der Waals surface area contributed by atoms with Gasteiger partial charge < -0.3 is 10.2 Å². The van der Waals surface area contributed by atoms with Gasteiger partial charge in [0.15, 0.2) is 0 Å². The fraction of sp³-hybridized carbons (Fsp3) is 0.643. The first kappa shape index (κ1) is 15.0. The van der Waals surface area contributed by atoms with Gasteiger partial charge in [0.2, 0.25) is 11.8 Å². The maximum absolute atomic E-state index is 12.1. The minimum atomic E-state index is -0.221. The second kappa shape index (κ2) is 6.83. The number of nitrogens with one attached hydrogen (secondary N) is 1. The third-order valence-electron chi connectivity index (χ3n) is 3.84. The zero-order valence-corrected chi connectivity index (χ0v) is 12.8. The second-order valence-electron chi connectivity index (χ2n) is 5.12. The van der Waals surface area contributed by atoms with Crippen LogP contribution in [0.1, 0.15) is 38.8 Å². The lowest BCUT2D eigenvalue weighted by molar-refractivity contribution is -0.130. The SMILES string of the molecule is CCC(CC)N1CC(C(=O)NCc2cscn2)CC1=O. The molecule has 0 aromatic carbocycles. The molecule has 1 saturated heterocycles. The standard InChI is InChI=1S/C14H21N3O2S/c1-3-12(4-2)17-7-10(5-13(17)18)14(19)15-6-11-8-20-9-16-11/h8-10,12H,3-7H2,1-2H3,(H,15,19). The van der Waals surface area contributed by atoms with Crippen molar-refractivity contribution < 1.29 is 9.59 Å². The topological polar surface area (TPSA) is 62.3 Å². The Morgan fingerprint density at radius 1 is 1.55 bits per heavy atom. The number of likely N-dealkylation sites (tertiary alicyclic amines) is 1. The van der Waals surface area contributed by atoms with Gasteiger partial charge in [0, 0.05) is 24.4 Å². The average molecular weight is 295 g/mol. The summed E-state index contributed by atoms with van der Waals surface area (Å²) >= 11 is 1.51. The molecule has 1 aliphatic rings. The average Bonchev–Trinajstić information content (AvgIpc) is 3.08. The molecule has 1 aromatic rings. The van der Waals surface area contributed by atoms with Gasteiger partial charge in [0.05, 0.1) is 23.7 Å². The van der Waals surface area contributed by atoms with E-state index in [4.69, 9.17) is 0 Å². The summed E-state index contributed by atoms with van der Waals surface area (Å²) in [4.78, 5) is 30.1. The number of carbonyl (C=O) groups is 2. The van der Waals surface area contributed by atoms with Crippen LogP contribution in [0.4, 0.5) is 0 Å². The van der Waals surface area contributed by atoms with Gasteiger partial charge in [-0.15, -0.1) is 11.3 Å². The van der Waals surface area contributed by atoms with E-state index in [1.165, 1.54) is 11.3 Å². The summed E-state index contributed by atoms with van der Waals surface area (Å²) in [5.41, 5.74) is 2.61. The quantitative estimate of drug-likeness (QED) is 0.870. The van der Waals surface area contributed by atoms with Crippen molar-refractivity contribution in [1.29, 1.82) is 0 Å². The lowest BCUT2D eigenvalue weighted by Gasteiger charge is -2.26. The normalized spacial score (nSPS) is 18.9. The second-order valence-corrected chi connectivity index (χ2v) is 5.83. The zero-order valence-electron chi connectivity index (χ0n) is 12.0. The molecule has 0 aliphatic carbocycles. The van der Waals surface area contributed by atoms with Crippen LogP contribution in [0.5, 0.6) is 0 Å². The van der Waals surface area contributed by atoms with Crippen molar-refractivity contribution in [2.24, 2.45) is 5.92 Å². The molecule has 6 heteroatoms. The number of amides is 2. The van der Waals surface area contributed by atoms with Crippen molar-refractivity contribution >= 4 is 23.2 Å². The lowest BCUT2D eigenvalue weighted by Crippen LogP contribution is -2.37.